The Bertz CT molecular complexity index is 1140. The average molecular weight is 423 g/mol. The number of anilines is 1. The van der Waals surface area contributed by atoms with Crippen LogP contribution in [-0.4, -0.2) is 44.7 Å². The first-order chi connectivity index (χ1) is 14.4. The lowest BCUT2D eigenvalue weighted by molar-refractivity contribution is -0.124. The molecule has 2 aliphatic rings. The second kappa shape index (κ2) is 6.84. The van der Waals surface area contributed by atoms with Crippen molar-refractivity contribution in [1.82, 2.24) is 25.0 Å². The molecule has 0 radical (unpaired) electrons. The van der Waals surface area contributed by atoms with Gasteiger partial charge < -0.3 is 9.80 Å². The number of urea groups is 1. The molecule has 30 heavy (non-hydrogen) atoms. The van der Waals surface area contributed by atoms with Crippen LogP contribution in [0.15, 0.2) is 48.5 Å². The zero-order chi connectivity index (χ0) is 21.0. The van der Waals surface area contributed by atoms with E-state index >= 15 is 0 Å². The third-order valence-electron chi connectivity index (χ3n) is 5.61. The Morgan fingerprint density at radius 2 is 1.73 bits per heavy atom. The van der Waals surface area contributed by atoms with Crippen molar-refractivity contribution >= 4 is 29.5 Å². The maximum atomic E-state index is 12.9. The van der Waals surface area contributed by atoms with Crippen molar-refractivity contribution in [2.24, 2.45) is 0 Å². The van der Waals surface area contributed by atoms with Gasteiger partial charge in [0.15, 0.2) is 11.9 Å². The summed E-state index contributed by atoms with van der Waals surface area (Å²) in [6.07, 6.45) is -0.542. The number of amides is 3. The number of imide groups is 1. The number of hydrogen-bond acceptors (Lipinski definition) is 5. The molecule has 0 aliphatic carbocycles. The van der Waals surface area contributed by atoms with Crippen LogP contribution in [0.2, 0.25) is 5.02 Å². The molecule has 0 spiro atoms. The summed E-state index contributed by atoms with van der Waals surface area (Å²) in [5, 5.41) is 11.9. The van der Waals surface area contributed by atoms with Crippen molar-refractivity contribution in [3.8, 4) is 11.4 Å². The number of aryl methyl sites for hydroxylation is 1. The van der Waals surface area contributed by atoms with Crippen LogP contribution in [0.4, 0.5) is 10.7 Å². The lowest BCUT2D eigenvalue weighted by Crippen LogP contribution is -2.61. The molecule has 0 saturated carbocycles. The number of benzene rings is 2. The van der Waals surface area contributed by atoms with Gasteiger partial charge in [-0.2, -0.15) is 0 Å². The number of aromatic nitrogens is 3. The summed E-state index contributed by atoms with van der Waals surface area (Å²) >= 11 is 6.01. The Morgan fingerprint density at radius 3 is 2.43 bits per heavy atom. The molecule has 1 fully saturated rings. The van der Waals surface area contributed by atoms with E-state index < -0.39 is 18.2 Å². The van der Waals surface area contributed by atoms with Crippen LogP contribution < -0.4 is 10.2 Å². The normalized spacial score (nSPS) is 20.2. The second-order valence-corrected chi connectivity index (χ2v) is 8.01. The van der Waals surface area contributed by atoms with E-state index in [1.807, 2.05) is 64.9 Å². The molecule has 2 atom stereocenters. The molecular formula is C21H19ClN6O2. The van der Waals surface area contributed by atoms with Crippen molar-refractivity contribution in [2.45, 2.75) is 25.7 Å². The Balaban J connectivity index is 1.63. The largest absolute Gasteiger partial charge is 0.325 e. The summed E-state index contributed by atoms with van der Waals surface area (Å²) in [6.45, 7) is 2.44. The molecule has 3 amide bonds. The molecule has 0 bridgehead atoms. The topological polar surface area (TPSA) is 83.4 Å². The number of fused-ring (bicyclic) bond motifs is 3. The van der Waals surface area contributed by atoms with Crippen LogP contribution in [0.1, 0.15) is 17.3 Å². The number of hydrogen-bond donors (Lipinski definition) is 1. The fourth-order valence-corrected chi connectivity index (χ4v) is 4.18. The first kappa shape index (κ1) is 18.6. The molecule has 8 nitrogen and oxygen atoms in total. The van der Waals surface area contributed by atoms with E-state index in [4.69, 9.17) is 11.6 Å². The maximum Gasteiger partial charge on any atom is 0.325 e. The standard InChI is InChI=1S/C21H19ClN6O2/c1-12-3-7-14(8-4-12)17-24-25-20-27(11-13-5-9-15(22)10-6-13)16-18(29)23-21(30)26(2)19(16)28(17)20/h3-10,16,19H,11H2,1-2H3,(H,23,29,30). The SMILES string of the molecule is Cc1ccc(-c2nnc3n2C2C(C(=O)NC(=O)N2C)N3Cc2ccc(Cl)cc2)cc1. The molecule has 9 heteroatoms. The van der Waals surface area contributed by atoms with Crippen LogP contribution >= 0.6 is 11.6 Å². The highest BCUT2D eigenvalue weighted by Crippen LogP contribution is 2.41. The minimum atomic E-state index is -0.613. The Kier molecular flexibility index (Phi) is 4.25. The smallest absolute Gasteiger partial charge is 0.321 e. The maximum absolute atomic E-state index is 12.9. The number of carbonyl (C=O) groups excluding carboxylic acids is 2. The number of nitrogens with zero attached hydrogens (tertiary/aromatic N) is 5. The van der Waals surface area contributed by atoms with Crippen LogP contribution in [0.25, 0.3) is 11.4 Å². The molecule has 5 rings (SSSR count). The third kappa shape index (κ3) is 2.83. The molecule has 3 aromatic rings. The van der Waals surface area contributed by atoms with Crippen molar-refractivity contribution in [2.75, 3.05) is 11.9 Å². The zero-order valence-electron chi connectivity index (χ0n) is 16.4. The van der Waals surface area contributed by atoms with Crippen LogP contribution in [-0.2, 0) is 11.3 Å². The van der Waals surface area contributed by atoms with Gasteiger partial charge in [0.1, 0.15) is 6.17 Å². The van der Waals surface area contributed by atoms with Crippen molar-refractivity contribution in [3.63, 3.8) is 0 Å². The van der Waals surface area contributed by atoms with Crippen molar-refractivity contribution in [1.29, 1.82) is 0 Å². The highest BCUT2D eigenvalue weighted by molar-refractivity contribution is 6.30. The lowest BCUT2D eigenvalue weighted by Gasteiger charge is -2.37. The van der Waals surface area contributed by atoms with E-state index in [1.54, 1.807) is 7.05 Å². The van der Waals surface area contributed by atoms with Gasteiger partial charge in [-0.15, -0.1) is 10.2 Å². The number of halogens is 1. The molecule has 2 unspecified atom stereocenters. The Hall–Kier alpha value is -3.39. The first-order valence-electron chi connectivity index (χ1n) is 9.55. The monoisotopic (exact) mass is 422 g/mol. The van der Waals surface area contributed by atoms with E-state index in [-0.39, 0.29) is 5.91 Å². The molecule has 1 saturated heterocycles. The van der Waals surface area contributed by atoms with Gasteiger partial charge in [0.2, 0.25) is 5.95 Å². The summed E-state index contributed by atoms with van der Waals surface area (Å²) in [5.74, 6) is 0.817. The van der Waals surface area contributed by atoms with E-state index in [2.05, 4.69) is 15.5 Å². The Morgan fingerprint density at radius 1 is 1.03 bits per heavy atom. The summed E-state index contributed by atoms with van der Waals surface area (Å²) in [4.78, 5) is 28.7. The highest BCUT2D eigenvalue weighted by Gasteiger charge is 2.52. The molecule has 152 valence electrons. The van der Waals surface area contributed by atoms with Gasteiger partial charge in [-0.05, 0) is 24.6 Å². The number of nitrogens with one attached hydrogen (secondary N) is 1. The molecule has 1 aromatic heterocycles. The van der Waals surface area contributed by atoms with Gasteiger partial charge in [0.25, 0.3) is 5.91 Å². The molecule has 3 heterocycles. The van der Waals surface area contributed by atoms with Crippen LogP contribution in [0, 0.1) is 6.92 Å². The molecular weight excluding hydrogens is 404 g/mol. The van der Waals surface area contributed by atoms with Crippen LogP contribution in [0.3, 0.4) is 0 Å². The minimum absolute atomic E-state index is 0.350. The number of likely N-dealkylation sites (N-methyl/N-ethyl adjacent to an activating group) is 1. The summed E-state index contributed by atoms with van der Waals surface area (Å²) in [7, 11) is 1.67. The summed E-state index contributed by atoms with van der Waals surface area (Å²) in [5.41, 5.74) is 2.98. The van der Waals surface area contributed by atoms with Gasteiger partial charge in [-0.3, -0.25) is 14.7 Å². The quantitative estimate of drug-likeness (QED) is 0.701. The van der Waals surface area contributed by atoms with Gasteiger partial charge in [-0.25, -0.2) is 4.79 Å². The zero-order valence-corrected chi connectivity index (χ0v) is 17.2. The summed E-state index contributed by atoms with van der Waals surface area (Å²) in [6, 6.07) is 14.3. The van der Waals surface area contributed by atoms with E-state index in [9.17, 15) is 9.59 Å². The van der Waals surface area contributed by atoms with E-state index in [0.717, 1.165) is 16.7 Å². The van der Waals surface area contributed by atoms with Gasteiger partial charge in [0.05, 0.1) is 0 Å². The Labute approximate surface area is 178 Å². The van der Waals surface area contributed by atoms with Gasteiger partial charge >= 0.3 is 6.03 Å². The number of carbonyl (C=O) groups is 2. The lowest BCUT2D eigenvalue weighted by atomic mass is 10.1. The second-order valence-electron chi connectivity index (χ2n) is 7.58. The highest BCUT2D eigenvalue weighted by atomic mass is 35.5. The number of rotatable bonds is 3. The molecule has 1 N–H and O–H groups in total. The first-order valence-corrected chi connectivity index (χ1v) is 9.92. The van der Waals surface area contributed by atoms with Crippen molar-refractivity contribution in [3.05, 3.63) is 64.7 Å². The predicted molar refractivity (Wildman–Crippen MR) is 112 cm³/mol. The molecule has 2 aliphatic heterocycles. The summed E-state index contributed by atoms with van der Waals surface area (Å²) < 4.78 is 1.88. The average Bonchev–Trinajstić information content (AvgIpc) is 3.28. The van der Waals surface area contributed by atoms with Crippen molar-refractivity contribution < 1.29 is 9.59 Å². The fourth-order valence-electron chi connectivity index (χ4n) is 4.05. The van der Waals surface area contributed by atoms with Crippen LogP contribution in [0.5, 0.6) is 0 Å². The van der Waals surface area contributed by atoms with Gasteiger partial charge in [0, 0.05) is 24.2 Å². The predicted octanol–water partition coefficient (Wildman–Crippen LogP) is 2.98. The minimum Gasteiger partial charge on any atom is -0.321 e. The molecule has 2 aromatic carbocycles. The van der Waals surface area contributed by atoms with Gasteiger partial charge in [-0.1, -0.05) is 53.6 Å². The third-order valence-corrected chi connectivity index (χ3v) is 5.86. The van der Waals surface area contributed by atoms with E-state index in [1.165, 1.54) is 4.90 Å². The van der Waals surface area contributed by atoms with E-state index in [0.29, 0.717) is 23.3 Å². The fraction of sp³-hybridized carbons (Fsp3) is 0.238.